The van der Waals surface area contributed by atoms with Crippen LogP contribution in [0.1, 0.15) is 38.4 Å². The number of urea groups is 1. The minimum Gasteiger partial charge on any atom is -0.393 e. The lowest BCUT2D eigenvalue weighted by Gasteiger charge is -2.29. The maximum Gasteiger partial charge on any atom is 0.317 e. The SMILES string of the molecule is COCCc1nc(CNC(=O)N2CC[C@@H](O)CC(C)(C)C2)no1. The second kappa shape index (κ2) is 7.74. The number of hydrogen-bond donors (Lipinski definition) is 2. The van der Waals surface area contributed by atoms with Gasteiger partial charge in [0.15, 0.2) is 5.82 Å². The summed E-state index contributed by atoms with van der Waals surface area (Å²) in [6.07, 6.45) is 1.49. The monoisotopic (exact) mass is 326 g/mol. The molecule has 130 valence electrons. The van der Waals surface area contributed by atoms with E-state index in [1.54, 1.807) is 12.0 Å². The Balaban J connectivity index is 1.85. The minimum atomic E-state index is -0.358. The number of hydrogen-bond acceptors (Lipinski definition) is 6. The molecule has 2 N–H and O–H groups in total. The number of aliphatic hydroxyl groups excluding tert-OH is 1. The molecule has 1 atom stereocenters. The number of nitrogens with one attached hydrogen (secondary N) is 1. The Hall–Kier alpha value is -1.67. The molecule has 1 saturated heterocycles. The molecule has 0 unspecified atom stereocenters. The minimum absolute atomic E-state index is 0.104. The summed E-state index contributed by atoms with van der Waals surface area (Å²) in [4.78, 5) is 18.3. The molecule has 2 amide bonds. The number of carbonyl (C=O) groups excluding carboxylic acids is 1. The molecule has 2 rings (SSSR count). The highest BCUT2D eigenvalue weighted by Crippen LogP contribution is 2.28. The third-order valence-corrected chi connectivity index (χ3v) is 3.85. The van der Waals surface area contributed by atoms with Gasteiger partial charge < -0.3 is 24.6 Å². The predicted octanol–water partition coefficient (Wildman–Crippen LogP) is 0.951. The van der Waals surface area contributed by atoms with Crippen LogP contribution in [-0.4, -0.2) is 59.1 Å². The average molecular weight is 326 g/mol. The molecule has 1 aliphatic rings. The summed E-state index contributed by atoms with van der Waals surface area (Å²) in [5.74, 6) is 0.939. The molecule has 8 nitrogen and oxygen atoms in total. The van der Waals surface area contributed by atoms with E-state index < -0.39 is 0 Å². The van der Waals surface area contributed by atoms with Crippen LogP contribution in [0.5, 0.6) is 0 Å². The Morgan fingerprint density at radius 1 is 1.57 bits per heavy atom. The molecule has 0 radical (unpaired) electrons. The van der Waals surface area contributed by atoms with Crippen LogP contribution >= 0.6 is 0 Å². The summed E-state index contributed by atoms with van der Waals surface area (Å²) < 4.78 is 10.0. The maximum atomic E-state index is 12.3. The van der Waals surface area contributed by atoms with Gasteiger partial charge in [-0.15, -0.1) is 0 Å². The van der Waals surface area contributed by atoms with Gasteiger partial charge in [-0.3, -0.25) is 0 Å². The summed E-state index contributed by atoms with van der Waals surface area (Å²) in [5.41, 5.74) is -0.104. The normalized spacial score (nSPS) is 21.0. The van der Waals surface area contributed by atoms with Gasteiger partial charge in [0.25, 0.3) is 0 Å². The van der Waals surface area contributed by atoms with Crippen molar-refractivity contribution >= 4 is 6.03 Å². The van der Waals surface area contributed by atoms with Crippen LogP contribution < -0.4 is 5.32 Å². The summed E-state index contributed by atoms with van der Waals surface area (Å²) in [7, 11) is 1.61. The van der Waals surface area contributed by atoms with Gasteiger partial charge in [-0.25, -0.2) is 4.79 Å². The van der Waals surface area contributed by atoms with Crippen LogP contribution in [0.25, 0.3) is 0 Å². The fourth-order valence-corrected chi connectivity index (χ4v) is 2.80. The van der Waals surface area contributed by atoms with Gasteiger partial charge >= 0.3 is 6.03 Å². The Labute approximate surface area is 136 Å². The molecule has 1 aromatic rings. The van der Waals surface area contributed by atoms with Crippen molar-refractivity contribution in [3.63, 3.8) is 0 Å². The molecule has 0 aliphatic carbocycles. The van der Waals surface area contributed by atoms with Crippen molar-refractivity contribution in [3.8, 4) is 0 Å². The van der Waals surface area contributed by atoms with E-state index in [1.165, 1.54) is 0 Å². The first kappa shape index (κ1) is 17.7. The Morgan fingerprint density at radius 3 is 3.09 bits per heavy atom. The number of amides is 2. The number of ether oxygens (including phenoxy) is 1. The zero-order chi connectivity index (χ0) is 16.9. The van der Waals surface area contributed by atoms with Gasteiger partial charge in [0.2, 0.25) is 5.89 Å². The van der Waals surface area contributed by atoms with Crippen molar-refractivity contribution in [2.24, 2.45) is 5.41 Å². The molecule has 8 heteroatoms. The quantitative estimate of drug-likeness (QED) is 0.835. The van der Waals surface area contributed by atoms with E-state index in [4.69, 9.17) is 9.26 Å². The third-order valence-electron chi connectivity index (χ3n) is 3.85. The van der Waals surface area contributed by atoms with Gasteiger partial charge in [-0.1, -0.05) is 19.0 Å². The van der Waals surface area contributed by atoms with E-state index in [2.05, 4.69) is 29.3 Å². The lowest BCUT2D eigenvalue weighted by molar-refractivity contribution is 0.121. The van der Waals surface area contributed by atoms with Crippen LogP contribution in [0.3, 0.4) is 0 Å². The van der Waals surface area contributed by atoms with E-state index in [9.17, 15) is 9.90 Å². The van der Waals surface area contributed by atoms with E-state index in [0.717, 1.165) is 0 Å². The second-order valence-corrected chi connectivity index (χ2v) is 6.74. The first-order valence-corrected chi connectivity index (χ1v) is 7.91. The zero-order valence-corrected chi connectivity index (χ0v) is 14.0. The van der Waals surface area contributed by atoms with Gasteiger partial charge in [0.05, 0.1) is 25.7 Å². The molecule has 0 saturated carbocycles. The molecule has 1 aromatic heterocycles. The highest BCUT2D eigenvalue weighted by Gasteiger charge is 2.31. The van der Waals surface area contributed by atoms with Crippen molar-refractivity contribution in [3.05, 3.63) is 11.7 Å². The first-order valence-electron chi connectivity index (χ1n) is 7.91. The van der Waals surface area contributed by atoms with Crippen LogP contribution in [0.4, 0.5) is 4.79 Å². The number of aromatic nitrogens is 2. The van der Waals surface area contributed by atoms with Crippen molar-refractivity contribution in [2.45, 2.75) is 45.8 Å². The number of rotatable bonds is 5. The van der Waals surface area contributed by atoms with Crippen molar-refractivity contribution < 1.29 is 19.2 Å². The smallest absolute Gasteiger partial charge is 0.317 e. The predicted molar refractivity (Wildman–Crippen MR) is 82.7 cm³/mol. The Bertz CT molecular complexity index is 517. The second-order valence-electron chi connectivity index (χ2n) is 6.74. The van der Waals surface area contributed by atoms with Gasteiger partial charge in [0.1, 0.15) is 0 Å². The van der Waals surface area contributed by atoms with E-state index in [1.807, 2.05) is 0 Å². The molecule has 0 aromatic carbocycles. The topological polar surface area (TPSA) is 101 Å². The Morgan fingerprint density at radius 2 is 2.35 bits per heavy atom. The summed E-state index contributed by atoms with van der Waals surface area (Å²) in [5, 5.41) is 16.5. The average Bonchev–Trinajstić information content (AvgIpc) is 2.88. The molecule has 23 heavy (non-hydrogen) atoms. The van der Waals surface area contributed by atoms with Crippen LogP contribution in [0.15, 0.2) is 4.52 Å². The highest BCUT2D eigenvalue weighted by atomic mass is 16.5. The molecule has 0 spiro atoms. The number of aliphatic hydroxyl groups is 1. The largest absolute Gasteiger partial charge is 0.393 e. The molecular weight excluding hydrogens is 300 g/mol. The highest BCUT2D eigenvalue weighted by molar-refractivity contribution is 5.74. The van der Waals surface area contributed by atoms with Crippen molar-refractivity contribution in [2.75, 3.05) is 26.8 Å². The summed E-state index contributed by atoms with van der Waals surface area (Å²) >= 11 is 0. The molecule has 0 bridgehead atoms. The van der Waals surface area contributed by atoms with Crippen molar-refractivity contribution in [1.82, 2.24) is 20.4 Å². The third kappa shape index (κ3) is 5.47. The standard InChI is InChI=1S/C15H26N4O4/c1-15(2)8-11(20)4-6-19(10-15)14(21)16-9-12-17-13(23-18-12)5-7-22-3/h11,20H,4-10H2,1-3H3,(H,16,21)/t11-/m1/s1. The summed E-state index contributed by atoms with van der Waals surface area (Å²) in [6, 6.07) is -0.171. The zero-order valence-electron chi connectivity index (χ0n) is 14.0. The van der Waals surface area contributed by atoms with E-state index in [-0.39, 0.29) is 24.1 Å². The number of carbonyl (C=O) groups is 1. The summed E-state index contributed by atoms with van der Waals surface area (Å²) in [6.45, 7) is 6.00. The van der Waals surface area contributed by atoms with Gasteiger partial charge in [-0.05, 0) is 18.3 Å². The van der Waals surface area contributed by atoms with Gasteiger partial charge in [0, 0.05) is 20.2 Å². The lowest BCUT2D eigenvalue weighted by Crippen LogP contribution is -2.43. The van der Waals surface area contributed by atoms with Crippen LogP contribution in [0.2, 0.25) is 0 Å². The fourth-order valence-electron chi connectivity index (χ4n) is 2.80. The molecule has 2 heterocycles. The van der Waals surface area contributed by atoms with Crippen molar-refractivity contribution in [1.29, 1.82) is 0 Å². The van der Waals surface area contributed by atoms with Crippen LogP contribution in [-0.2, 0) is 17.7 Å². The number of methoxy groups -OCH3 is 1. The number of likely N-dealkylation sites (tertiary alicyclic amines) is 1. The van der Waals surface area contributed by atoms with Gasteiger partial charge in [-0.2, -0.15) is 4.98 Å². The number of nitrogens with zero attached hydrogens (tertiary/aromatic N) is 3. The molecule has 1 aliphatic heterocycles. The molecule has 1 fully saturated rings. The maximum absolute atomic E-state index is 12.3. The molecular formula is C15H26N4O4. The fraction of sp³-hybridized carbons (Fsp3) is 0.800. The van der Waals surface area contributed by atoms with Crippen LogP contribution in [0, 0.1) is 5.41 Å². The van der Waals surface area contributed by atoms with E-state index in [0.29, 0.717) is 50.7 Å². The first-order chi connectivity index (χ1) is 10.9. The van der Waals surface area contributed by atoms with E-state index >= 15 is 0 Å². The lowest BCUT2D eigenvalue weighted by atomic mass is 9.87. The Kier molecular flexibility index (Phi) is 5.95.